The predicted octanol–water partition coefficient (Wildman–Crippen LogP) is 2.50. The average molecular weight is 515 g/mol. The van der Waals surface area contributed by atoms with Gasteiger partial charge in [0.05, 0.1) is 19.6 Å². The molecule has 0 radical (unpaired) electrons. The van der Waals surface area contributed by atoms with Gasteiger partial charge in [0.1, 0.15) is 17.2 Å². The van der Waals surface area contributed by atoms with Crippen LogP contribution in [0.5, 0.6) is 0 Å². The van der Waals surface area contributed by atoms with Gasteiger partial charge in [-0.3, -0.25) is 4.79 Å². The third kappa shape index (κ3) is 6.92. The molecule has 2 fully saturated rings. The van der Waals surface area contributed by atoms with Gasteiger partial charge in [-0.1, -0.05) is 0 Å². The Hall–Kier alpha value is -2.71. The van der Waals surface area contributed by atoms with Crippen LogP contribution in [0.1, 0.15) is 18.4 Å². The highest BCUT2D eigenvalue weighted by atomic mass is 32.1. The summed E-state index contributed by atoms with van der Waals surface area (Å²) in [5.74, 6) is 0.188. The molecule has 0 aromatic carbocycles. The van der Waals surface area contributed by atoms with E-state index in [1.54, 1.807) is 10.3 Å². The number of nitrogens with zero attached hydrogens (tertiary/aromatic N) is 6. The maximum absolute atomic E-state index is 13.5. The highest BCUT2D eigenvalue weighted by Gasteiger charge is 2.35. The number of aromatic nitrogens is 3. The molecule has 14 heteroatoms. The number of nitrogens with one attached hydrogen (secondary N) is 2. The van der Waals surface area contributed by atoms with Crippen molar-refractivity contribution < 1.29 is 22.7 Å². The second-order valence-corrected chi connectivity index (χ2v) is 9.24. The van der Waals surface area contributed by atoms with Gasteiger partial charge in [-0.15, -0.1) is 11.3 Å². The largest absolute Gasteiger partial charge is 0.421 e. The molecule has 0 saturated carbocycles. The lowest BCUT2D eigenvalue weighted by molar-refractivity contribution is -0.137. The zero-order chi connectivity index (χ0) is 24.8. The van der Waals surface area contributed by atoms with Crippen molar-refractivity contribution in [2.75, 3.05) is 81.6 Å². The topological polar surface area (TPSA) is 98.8 Å². The number of rotatable bonds is 8. The summed E-state index contributed by atoms with van der Waals surface area (Å²) in [6.45, 7) is 5.61. The Morgan fingerprint density at radius 2 is 1.94 bits per heavy atom. The Morgan fingerprint density at radius 3 is 2.71 bits per heavy atom. The van der Waals surface area contributed by atoms with Gasteiger partial charge in [0.25, 0.3) is 0 Å². The van der Waals surface area contributed by atoms with Crippen LogP contribution in [0.4, 0.5) is 35.9 Å². The molecule has 35 heavy (non-hydrogen) atoms. The van der Waals surface area contributed by atoms with Crippen LogP contribution in [0.2, 0.25) is 0 Å². The molecule has 2 aromatic heterocycles. The SMILES string of the molecule is CN1CCN(c2nc(Nc3ncc(C(F)(F)F)c(NCCCN4CCOCCC4=O)n3)cs2)CC1. The van der Waals surface area contributed by atoms with E-state index in [1.165, 1.54) is 11.3 Å². The molecule has 0 aliphatic carbocycles. The van der Waals surface area contributed by atoms with E-state index in [-0.39, 0.29) is 24.2 Å². The van der Waals surface area contributed by atoms with E-state index in [0.717, 1.165) is 37.5 Å². The lowest BCUT2D eigenvalue weighted by Crippen LogP contribution is -2.44. The normalized spacial score (nSPS) is 18.0. The first-order valence-corrected chi connectivity index (χ1v) is 12.4. The zero-order valence-corrected chi connectivity index (χ0v) is 20.3. The number of hydrogen-bond acceptors (Lipinski definition) is 10. The molecule has 4 rings (SSSR count). The molecule has 2 N–H and O–H groups in total. The molecule has 192 valence electrons. The van der Waals surface area contributed by atoms with Gasteiger partial charge < -0.3 is 30.1 Å². The Kier molecular flexibility index (Phi) is 8.23. The number of likely N-dealkylation sites (N-methyl/N-ethyl adjacent to an activating group) is 1. The van der Waals surface area contributed by atoms with E-state index in [0.29, 0.717) is 45.0 Å². The third-order valence-corrected chi connectivity index (χ3v) is 6.72. The second-order valence-electron chi connectivity index (χ2n) is 8.41. The molecular weight excluding hydrogens is 485 g/mol. The van der Waals surface area contributed by atoms with E-state index in [4.69, 9.17) is 4.74 Å². The van der Waals surface area contributed by atoms with Gasteiger partial charge in [0, 0.05) is 57.4 Å². The molecule has 10 nitrogen and oxygen atoms in total. The van der Waals surface area contributed by atoms with Gasteiger partial charge in [0.2, 0.25) is 11.9 Å². The van der Waals surface area contributed by atoms with Crippen LogP contribution in [0.3, 0.4) is 0 Å². The van der Waals surface area contributed by atoms with Crippen molar-refractivity contribution in [2.45, 2.75) is 19.0 Å². The number of ether oxygens (including phenoxy) is 1. The van der Waals surface area contributed by atoms with Crippen molar-refractivity contribution in [2.24, 2.45) is 0 Å². The lowest BCUT2D eigenvalue weighted by atomic mass is 10.3. The average Bonchev–Trinajstić information content (AvgIpc) is 3.18. The molecule has 0 unspecified atom stereocenters. The Labute approximate surface area is 205 Å². The van der Waals surface area contributed by atoms with Crippen LogP contribution in [-0.2, 0) is 15.7 Å². The molecule has 2 saturated heterocycles. The summed E-state index contributed by atoms with van der Waals surface area (Å²) in [5.41, 5.74) is -0.946. The standard InChI is InChI=1S/C21H29F3N8O2S/c1-30-6-8-32(9-7-30)20-28-16(14-35-20)27-19-26-13-15(21(22,23)24)18(29-19)25-4-2-5-31-10-12-34-11-3-17(31)33/h13-14H,2-12H2,1H3,(H2,25,26,27,29). The molecule has 2 aliphatic rings. The van der Waals surface area contributed by atoms with Crippen LogP contribution < -0.4 is 15.5 Å². The van der Waals surface area contributed by atoms with Crippen molar-refractivity contribution in [3.8, 4) is 0 Å². The second kappa shape index (κ2) is 11.4. The van der Waals surface area contributed by atoms with Crippen LogP contribution in [0.15, 0.2) is 11.6 Å². The number of anilines is 4. The smallest absolute Gasteiger partial charge is 0.379 e. The van der Waals surface area contributed by atoms with Crippen molar-refractivity contribution in [3.05, 3.63) is 17.1 Å². The molecule has 4 heterocycles. The van der Waals surface area contributed by atoms with Crippen LogP contribution in [0, 0.1) is 0 Å². The van der Waals surface area contributed by atoms with E-state index in [1.807, 2.05) is 0 Å². The number of alkyl halides is 3. The summed E-state index contributed by atoms with van der Waals surface area (Å²) < 4.78 is 45.8. The number of carbonyl (C=O) groups is 1. The number of amides is 1. The first-order chi connectivity index (χ1) is 16.8. The van der Waals surface area contributed by atoms with Gasteiger partial charge in [-0.2, -0.15) is 18.2 Å². The van der Waals surface area contributed by atoms with Crippen LogP contribution >= 0.6 is 11.3 Å². The molecular formula is C21H29F3N8O2S. The fourth-order valence-electron chi connectivity index (χ4n) is 3.80. The van der Waals surface area contributed by atoms with Gasteiger partial charge in [0.15, 0.2) is 5.13 Å². The first kappa shape index (κ1) is 25.4. The minimum Gasteiger partial charge on any atom is -0.379 e. The number of hydrogen-bond donors (Lipinski definition) is 2. The van der Waals surface area contributed by atoms with E-state index in [9.17, 15) is 18.0 Å². The maximum atomic E-state index is 13.5. The number of halogens is 3. The summed E-state index contributed by atoms with van der Waals surface area (Å²) in [4.78, 5) is 30.6. The highest BCUT2D eigenvalue weighted by molar-refractivity contribution is 7.14. The number of thiazole rings is 1. The summed E-state index contributed by atoms with van der Waals surface area (Å²) in [6.07, 6.45) is -3.05. The van der Waals surface area contributed by atoms with Gasteiger partial charge >= 0.3 is 6.18 Å². The Morgan fingerprint density at radius 1 is 1.14 bits per heavy atom. The summed E-state index contributed by atoms with van der Waals surface area (Å²) >= 11 is 1.46. The lowest BCUT2D eigenvalue weighted by Gasteiger charge is -2.32. The summed E-state index contributed by atoms with van der Waals surface area (Å²) in [6, 6.07) is 0. The molecule has 0 atom stereocenters. The highest BCUT2D eigenvalue weighted by Crippen LogP contribution is 2.34. The van der Waals surface area contributed by atoms with E-state index < -0.39 is 11.7 Å². The molecule has 0 bridgehead atoms. The van der Waals surface area contributed by atoms with E-state index in [2.05, 4.69) is 42.4 Å². The summed E-state index contributed by atoms with van der Waals surface area (Å²) in [5, 5.41) is 8.32. The fraction of sp³-hybridized carbons (Fsp3) is 0.619. The molecule has 2 aromatic rings. The van der Waals surface area contributed by atoms with Gasteiger partial charge in [-0.05, 0) is 13.5 Å². The minimum atomic E-state index is -4.60. The first-order valence-electron chi connectivity index (χ1n) is 11.5. The predicted molar refractivity (Wildman–Crippen MR) is 127 cm³/mol. The monoisotopic (exact) mass is 514 g/mol. The van der Waals surface area contributed by atoms with Crippen molar-refractivity contribution >= 4 is 40.0 Å². The van der Waals surface area contributed by atoms with Crippen LogP contribution in [0.25, 0.3) is 0 Å². The quantitative estimate of drug-likeness (QED) is 0.515. The van der Waals surface area contributed by atoms with Crippen LogP contribution in [-0.4, -0.2) is 96.7 Å². The Bertz CT molecular complexity index is 997. The molecule has 0 spiro atoms. The molecule has 1 amide bonds. The maximum Gasteiger partial charge on any atom is 0.421 e. The number of carbonyl (C=O) groups excluding carboxylic acids is 1. The zero-order valence-electron chi connectivity index (χ0n) is 19.5. The van der Waals surface area contributed by atoms with Crippen molar-refractivity contribution in [1.29, 1.82) is 0 Å². The van der Waals surface area contributed by atoms with Crippen molar-refractivity contribution in [3.63, 3.8) is 0 Å². The third-order valence-electron chi connectivity index (χ3n) is 5.82. The van der Waals surface area contributed by atoms with Crippen molar-refractivity contribution in [1.82, 2.24) is 24.8 Å². The van der Waals surface area contributed by atoms with E-state index >= 15 is 0 Å². The fourth-order valence-corrected chi connectivity index (χ4v) is 4.61. The number of piperazine rings is 1. The minimum absolute atomic E-state index is 0.00814. The molecule has 2 aliphatic heterocycles. The van der Waals surface area contributed by atoms with Gasteiger partial charge in [-0.25, -0.2) is 9.97 Å². The Balaban J connectivity index is 1.38. The summed E-state index contributed by atoms with van der Waals surface area (Å²) in [7, 11) is 2.07.